The number of hydrogen-bond acceptors (Lipinski definition) is 6. The first-order chi connectivity index (χ1) is 16.5. The number of phenols is 1. The molecule has 1 N–H and O–H groups in total. The largest absolute Gasteiger partial charge is 0.508 e. The fraction of sp³-hybridized carbons (Fsp3) is 0.520. The number of allylic oxidation sites excluding steroid dienone is 2. The minimum absolute atomic E-state index is 0.0693. The van der Waals surface area contributed by atoms with Gasteiger partial charge in [-0.3, -0.25) is 29.0 Å². The molecule has 1 aromatic carbocycles. The summed E-state index contributed by atoms with van der Waals surface area (Å²) in [6.07, 6.45) is 2.69. The highest BCUT2D eigenvalue weighted by molar-refractivity contribution is 6.53. The fourth-order valence-corrected chi connectivity index (χ4v) is 7.50. The van der Waals surface area contributed by atoms with E-state index in [1.807, 2.05) is 13.0 Å². The Kier molecular flexibility index (Phi) is 5.49. The van der Waals surface area contributed by atoms with Crippen molar-refractivity contribution in [2.75, 3.05) is 20.7 Å². The van der Waals surface area contributed by atoms with Crippen LogP contribution in [0.2, 0.25) is 0 Å². The lowest BCUT2D eigenvalue weighted by molar-refractivity contribution is -0.141. The number of carbonyl (C=O) groups excluding carboxylic acids is 4. The van der Waals surface area contributed by atoms with Crippen LogP contribution in [-0.4, -0.2) is 69.0 Å². The number of ether oxygens (including phenoxy) is 1. The second-order valence-electron chi connectivity index (χ2n) is 9.75. The Balaban J connectivity index is 1.74. The number of rotatable bonds is 4. The Morgan fingerprint density at radius 3 is 2.49 bits per heavy atom. The van der Waals surface area contributed by atoms with Crippen LogP contribution < -0.4 is 4.74 Å². The molecule has 3 fully saturated rings. The second kappa shape index (κ2) is 7.96. The zero-order valence-corrected chi connectivity index (χ0v) is 21.1. The van der Waals surface area contributed by atoms with E-state index < -0.39 is 45.2 Å². The molecule has 0 spiro atoms. The summed E-state index contributed by atoms with van der Waals surface area (Å²) in [5.41, 5.74) is 0.912. The van der Waals surface area contributed by atoms with Crippen molar-refractivity contribution in [3.8, 4) is 11.5 Å². The highest BCUT2D eigenvalue weighted by Crippen LogP contribution is 2.66. The van der Waals surface area contributed by atoms with Gasteiger partial charge in [0.1, 0.15) is 11.5 Å². The van der Waals surface area contributed by atoms with Crippen LogP contribution in [0.5, 0.6) is 11.5 Å². The molecule has 35 heavy (non-hydrogen) atoms. The van der Waals surface area contributed by atoms with Crippen molar-refractivity contribution in [1.29, 1.82) is 0 Å². The predicted molar refractivity (Wildman–Crippen MR) is 127 cm³/mol. The molecule has 5 rings (SSSR count). The quantitative estimate of drug-likeness (QED) is 0.371. The van der Waals surface area contributed by atoms with Gasteiger partial charge in [-0.1, -0.05) is 18.6 Å². The topological polar surface area (TPSA) is 104 Å². The van der Waals surface area contributed by atoms with E-state index in [2.05, 4.69) is 0 Å². The van der Waals surface area contributed by atoms with Crippen LogP contribution in [-0.2, 0) is 19.2 Å². The van der Waals surface area contributed by atoms with Crippen molar-refractivity contribution < 1.29 is 29.0 Å². The Labute approximate surface area is 212 Å². The van der Waals surface area contributed by atoms with Crippen LogP contribution in [0.25, 0.3) is 0 Å². The van der Waals surface area contributed by atoms with Crippen LogP contribution in [0.3, 0.4) is 0 Å². The highest BCUT2D eigenvalue weighted by Gasteiger charge is 2.76. The van der Waals surface area contributed by atoms with E-state index in [0.717, 1.165) is 4.90 Å². The van der Waals surface area contributed by atoms with Crippen molar-refractivity contribution in [3.63, 3.8) is 0 Å². The smallest absolute Gasteiger partial charge is 0.253 e. The Bertz CT molecular complexity index is 1200. The summed E-state index contributed by atoms with van der Waals surface area (Å²) in [5.74, 6) is -4.46. The molecular weight excluding hydrogens is 495 g/mol. The van der Waals surface area contributed by atoms with E-state index >= 15 is 0 Å². The van der Waals surface area contributed by atoms with Crippen molar-refractivity contribution in [1.82, 2.24) is 9.80 Å². The van der Waals surface area contributed by atoms with Gasteiger partial charge in [0.05, 0.1) is 18.9 Å². The zero-order valence-electron chi connectivity index (χ0n) is 19.6. The SMILES string of the molecule is CCCN1C(=O)C2CC=C3C(CC4(Cl)C(=O)N(C)C(=O)C4(Cl)C3c3cc(OC)ccc3O)C2C1=O. The molecule has 2 aliphatic heterocycles. The van der Waals surface area contributed by atoms with Crippen LogP contribution in [0, 0.1) is 17.8 Å². The number of benzene rings is 1. The molecule has 6 unspecified atom stereocenters. The summed E-state index contributed by atoms with van der Waals surface area (Å²) >= 11 is 14.2. The van der Waals surface area contributed by atoms with E-state index in [1.165, 1.54) is 25.1 Å². The maximum Gasteiger partial charge on any atom is 0.253 e. The number of imide groups is 2. The van der Waals surface area contributed by atoms with Crippen molar-refractivity contribution in [3.05, 3.63) is 35.4 Å². The molecule has 8 nitrogen and oxygen atoms in total. The van der Waals surface area contributed by atoms with Crippen LogP contribution in [0.4, 0.5) is 0 Å². The first kappa shape index (κ1) is 24.1. The fourth-order valence-electron chi connectivity index (χ4n) is 6.49. The second-order valence-corrected chi connectivity index (χ2v) is 11.0. The van der Waals surface area contributed by atoms with Gasteiger partial charge >= 0.3 is 0 Å². The molecule has 4 aliphatic rings. The molecule has 0 bridgehead atoms. The monoisotopic (exact) mass is 520 g/mol. The van der Waals surface area contributed by atoms with Crippen LogP contribution in [0.15, 0.2) is 29.8 Å². The molecule has 1 aromatic rings. The lowest BCUT2D eigenvalue weighted by atomic mass is 9.56. The molecule has 2 heterocycles. The Hall–Kier alpha value is -2.58. The average molecular weight is 521 g/mol. The molecule has 2 aliphatic carbocycles. The summed E-state index contributed by atoms with van der Waals surface area (Å²) < 4.78 is 5.34. The number of phenolic OH excluding ortho intramolecular Hbond substituents is 1. The lowest BCUT2D eigenvalue weighted by Crippen LogP contribution is -2.60. The van der Waals surface area contributed by atoms with Gasteiger partial charge in [-0.05, 0) is 43.4 Å². The Morgan fingerprint density at radius 2 is 1.83 bits per heavy atom. The third-order valence-electron chi connectivity index (χ3n) is 8.10. The third kappa shape index (κ3) is 2.93. The molecule has 0 aromatic heterocycles. The molecule has 4 amide bonds. The minimum Gasteiger partial charge on any atom is -0.508 e. The standard InChI is InChI=1S/C25H26Cl2N2O6/c1-4-9-29-20(31)14-7-6-13-16(18(14)21(29)32)11-24(26)22(33)28(2)23(34)25(24,27)19(13)15-10-12(35-3)5-8-17(15)30/h5-6,8,10,14,16,18-19,30H,4,7,9,11H2,1-3H3. The highest BCUT2D eigenvalue weighted by atomic mass is 35.5. The first-order valence-electron chi connectivity index (χ1n) is 11.6. The van der Waals surface area contributed by atoms with Gasteiger partial charge < -0.3 is 9.84 Å². The van der Waals surface area contributed by atoms with Gasteiger partial charge in [0.15, 0.2) is 9.75 Å². The van der Waals surface area contributed by atoms with Crippen molar-refractivity contribution in [2.24, 2.45) is 17.8 Å². The van der Waals surface area contributed by atoms with Crippen LogP contribution in [0.1, 0.15) is 37.7 Å². The van der Waals surface area contributed by atoms with Gasteiger partial charge in [-0.25, -0.2) is 0 Å². The van der Waals surface area contributed by atoms with Gasteiger partial charge in [0, 0.05) is 25.1 Å². The maximum absolute atomic E-state index is 13.5. The average Bonchev–Trinajstić information content (AvgIpc) is 3.15. The summed E-state index contributed by atoms with van der Waals surface area (Å²) in [7, 11) is 2.80. The minimum atomic E-state index is -1.94. The number of hydrogen-bond donors (Lipinski definition) is 1. The zero-order chi connectivity index (χ0) is 25.4. The number of aromatic hydroxyl groups is 1. The van der Waals surface area contributed by atoms with Crippen molar-refractivity contribution >= 4 is 46.8 Å². The normalized spacial score (nSPS) is 36.2. The van der Waals surface area contributed by atoms with Gasteiger partial charge in [-0.2, -0.15) is 0 Å². The molecule has 0 radical (unpaired) electrons. The number of methoxy groups -OCH3 is 1. The van der Waals surface area contributed by atoms with E-state index in [4.69, 9.17) is 27.9 Å². The molecule has 6 atom stereocenters. The van der Waals surface area contributed by atoms with E-state index in [-0.39, 0.29) is 29.5 Å². The van der Waals surface area contributed by atoms with Crippen molar-refractivity contribution in [2.45, 2.75) is 41.9 Å². The van der Waals surface area contributed by atoms with Crippen LogP contribution >= 0.6 is 23.2 Å². The Morgan fingerprint density at radius 1 is 1.11 bits per heavy atom. The van der Waals surface area contributed by atoms with Gasteiger partial charge in [0.2, 0.25) is 11.8 Å². The molecule has 1 saturated carbocycles. The number of likely N-dealkylation sites (tertiary alicyclic amines) is 2. The van der Waals surface area contributed by atoms with Gasteiger partial charge in [0.25, 0.3) is 11.8 Å². The molecule has 186 valence electrons. The lowest BCUT2D eigenvalue weighted by Gasteiger charge is -2.50. The number of halogens is 2. The number of fused-ring (bicyclic) bond motifs is 4. The van der Waals surface area contributed by atoms with E-state index in [1.54, 1.807) is 12.1 Å². The maximum atomic E-state index is 13.5. The number of alkyl halides is 2. The number of carbonyl (C=O) groups is 4. The molecule has 2 saturated heterocycles. The number of nitrogens with zero attached hydrogens (tertiary/aromatic N) is 2. The van der Waals surface area contributed by atoms with E-state index in [9.17, 15) is 24.3 Å². The van der Waals surface area contributed by atoms with E-state index in [0.29, 0.717) is 30.7 Å². The predicted octanol–water partition coefficient (Wildman–Crippen LogP) is 2.80. The summed E-state index contributed by atoms with van der Waals surface area (Å²) in [5, 5.41) is 10.9. The first-order valence-corrected chi connectivity index (χ1v) is 12.4. The summed E-state index contributed by atoms with van der Waals surface area (Å²) in [4.78, 5) is 51.8. The summed E-state index contributed by atoms with van der Waals surface area (Å²) in [6, 6.07) is 4.56. The number of amides is 4. The molecule has 10 heteroatoms. The molecular formula is C25H26Cl2N2O6. The van der Waals surface area contributed by atoms with Gasteiger partial charge in [-0.15, -0.1) is 23.2 Å². The third-order valence-corrected chi connectivity index (χ3v) is 9.51. The summed E-state index contributed by atoms with van der Waals surface area (Å²) in [6.45, 7) is 2.21.